The van der Waals surface area contributed by atoms with Crippen LogP contribution in [-0.4, -0.2) is 10.2 Å². The number of aryl methyl sites for hydroxylation is 1. The SMILES string of the molecule is Cc1cnnc(Oc2cc(F)cc(Br)c2)c1. The van der Waals surface area contributed by atoms with Crippen molar-refractivity contribution in [1.82, 2.24) is 10.2 Å². The van der Waals surface area contributed by atoms with E-state index in [1.54, 1.807) is 18.3 Å². The smallest absolute Gasteiger partial charge is 0.239 e. The van der Waals surface area contributed by atoms with Crippen molar-refractivity contribution in [3.05, 3.63) is 46.3 Å². The Balaban J connectivity index is 2.27. The van der Waals surface area contributed by atoms with Gasteiger partial charge in [0, 0.05) is 16.6 Å². The van der Waals surface area contributed by atoms with Gasteiger partial charge in [-0.25, -0.2) is 4.39 Å². The molecule has 0 fully saturated rings. The van der Waals surface area contributed by atoms with Crippen LogP contribution in [0.2, 0.25) is 0 Å². The first kappa shape index (κ1) is 11.0. The topological polar surface area (TPSA) is 35.0 Å². The van der Waals surface area contributed by atoms with E-state index in [4.69, 9.17) is 4.74 Å². The number of hydrogen-bond donors (Lipinski definition) is 0. The largest absolute Gasteiger partial charge is 0.437 e. The molecule has 0 bridgehead atoms. The number of rotatable bonds is 2. The summed E-state index contributed by atoms with van der Waals surface area (Å²) < 4.78 is 19.1. The lowest BCUT2D eigenvalue weighted by atomic mass is 10.3. The number of halogens is 2. The van der Waals surface area contributed by atoms with Crippen molar-refractivity contribution in [3.63, 3.8) is 0 Å². The number of aromatic nitrogens is 2. The minimum absolute atomic E-state index is 0.345. The van der Waals surface area contributed by atoms with Gasteiger partial charge in [-0.15, -0.1) is 5.10 Å². The first-order valence-corrected chi connectivity index (χ1v) is 5.36. The third-order valence-electron chi connectivity index (χ3n) is 1.83. The van der Waals surface area contributed by atoms with Crippen LogP contribution in [0.15, 0.2) is 34.9 Å². The molecule has 1 aromatic heterocycles. The Hall–Kier alpha value is -1.49. The second-order valence-corrected chi connectivity index (χ2v) is 4.19. The summed E-state index contributed by atoms with van der Waals surface area (Å²) in [5.41, 5.74) is 0.931. The van der Waals surface area contributed by atoms with Crippen molar-refractivity contribution < 1.29 is 9.13 Å². The van der Waals surface area contributed by atoms with Crippen molar-refractivity contribution in [3.8, 4) is 11.6 Å². The van der Waals surface area contributed by atoms with Crippen molar-refractivity contribution >= 4 is 15.9 Å². The molecule has 82 valence electrons. The van der Waals surface area contributed by atoms with E-state index in [1.807, 2.05) is 6.92 Å². The van der Waals surface area contributed by atoms with Crippen LogP contribution in [0.1, 0.15) is 5.56 Å². The van der Waals surface area contributed by atoms with Crippen LogP contribution >= 0.6 is 15.9 Å². The van der Waals surface area contributed by atoms with Crippen molar-refractivity contribution in [2.75, 3.05) is 0 Å². The molecule has 0 unspecified atom stereocenters. The zero-order valence-electron chi connectivity index (χ0n) is 8.45. The summed E-state index contributed by atoms with van der Waals surface area (Å²) >= 11 is 3.18. The van der Waals surface area contributed by atoms with Gasteiger partial charge >= 0.3 is 0 Å². The first-order chi connectivity index (χ1) is 7.63. The summed E-state index contributed by atoms with van der Waals surface area (Å²) in [6.45, 7) is 1.88. The molecular weight excluding hydrogens is 275 g/mol. The summed E-state index contributed by atoms with van der Waals surface area (Å²) in [4.78, 5) is 0. The Kier molecular flexibility index (Phi) is 3.14. The monoisotopic (exact) mass is 282 g/mol. The highest BCUT2D eigenvalue weighted by Crippen LogP contribution is 2.24. The minimum Gasteiger partial charge on any atom is -0.437 e. The number of nitrogens with zero attached hydrogens (tertiary/aromatic N) is 2. The number of ether oxygens (including phenoxy) is 1. The lowest BCUT2D eigenvalue weighted by Gasteiger charge is -2.04. The molecule has 16 heavy (non-hydrogen) atoms. The zero-order chi connectivity index (χ0) is 11.5. The van der Waals surface area contributed by atoms with E-state index in [9.17, 15) is 4.39 Å². The van der Waals surface area contributed by atoms with Gasteiger partial charge in [-0.3, -0.25) is 0 Å². The molecule has 0 N–H and O–H groups in total. The van der Waals surface area contributed by atoms with Gasteiger partial charge in [0.15, 0.2) is 0 Å². The van der Waals surface area contributed by atoms with Crippen LogP contribution in [0.3, 0.4) is 0 Å². The quantitative estimate of drug-likeness (QED) is 0.846. The average Bonchev–Trinajstić information content (AvgIpc) is 2.15. The molecule has 2 rings (SSSR count). The summed E-state index contributed by atoms with van der Waals surface area (Å²) in [7, 11) is 0. The van der Waals surface area contributed by atoms with Gasteiger partial charge in [0.05, 0.1) is 6.20 Å². The Morgan fingerprint density at radius 3 is 2.75 bits per heavy atom. The fourth-order valence-corrected chi connectivity index (χ4v) is 1.64. The van der Waals surface area contributed by atoms with Crippen LogP contribution in [0.25, 0.3) is 0 Å². The van der Waals surface area contributed by atoms with Crippen LogP contribution in [-0.2, 0) is 0 Å². The minimum atomic E-state index is -0.370. The van der Waals surface area contributed by atoms with E-state index in [0.717, 1.165) is 5.56 Å². The van der Waals surface area contributed by atoms with Crippen LogP contribution in [0.5, 0.6) is 11.6 Å². The molecule has 0 saturated heterocycles. The summed E-state index contributed by atoms with van der Waals surface area (Å²) in [6.07, 6.45) is 1.62. The lowest BCUT2D eigenvalue weighted by molar-refractivity contribution is 0.450. The number of benzene rings is 1. The molecule has 0 spiro atoms. The second-order valence-electron chi connectivity index (χ2n) is 3.28. The fraction of sp³-hybridized carbons (Fsp3) is 0.0909. The molecule has 0 aliphatic rings. The van der Waals surface area contributed by atoms with Gasteiger partial charge in [0.1, 0.15) is 11.6 Å². The summed E-state index contributed by atoms with van der Waals surface area (Å²) in [5, 5.41) is 7.53. The van der Waals surface area contributed by atoms with Crippen molar-refractivity contribution in [2.24, 2.45) is 0 Å². The second kappa shape index (κ2) is 4.57. The van der Waals surface area contributed by atoms with Crippen molar-refractivity contribution in [2.45, 2.75) is 6.92 Å². The highest BCUT2D eigenvalue weighted by atomic mass is 79.9. The predicted molar refractivity (Wildman–Crippen MR) is 60.9 cm³/mol. The van der Waals surface area contributed by atoms with Gasteiger partial charge in [-0.1, -0.05) is 15.9 Å². The third kappa shape index (κ3) is 2.76. The summed E-state index contributed by atoms with van der Waals surface area (Å²) in [6, 6.07) is 6.03. The van der Waals surface area contributed by atoms with E-state index in [0.29, 0.717) is 16.1 Å². The Morgan fingerprint density at radius 1 is 1.25 bits per heavy atom. The third-order valence-corrected chi connectivity index (χ3v) is 2.29. The molecule has 0 aliphatic heterocycles. The molecule has 2 aromatic rings. The van der Waals surface area contributed by atoms with E-state index in [1.165, 1.54) is 12.1 Å². The maximum atomic E-state index is 13.1. The van der Waals surface area contributed by atoms with E-state index >= 15 is 0 Å². The first-order valence-electron chi connectivity index (χ1n) is 4.57. The Bertz CT molecular complexity index is 499. The standard InChI is InChI=1S/C11H8BrFN2O/c1-7-2-11(15-14-6-7)16-10-4-8(12)3-9(13)5-10/h2-6H,1H3. The maximum Gasteiger partial charge on any atom is 0.239 e. The van der Waals surface area contributed by atoms with E-state index in [-0.39, 0.29) is 5.82 Å². The number of hydrogen-bond acceptors (Lipinski definition) is 3. The molecule has 0 atom stereocenters. The molecule has 0 radical (unpaired) electrons. The van der Waals surface area contributed by atoms with Gasteiger partial charge in [0.2, 0.25) is 5.88 Å². The van der Waals surface area contributed by atoms with Crippen LogP contribution < -0.4 is 4.74 Å². The summed E-state index contributed by atoms with van der Waals surface area (Å²) in [5.74, 6) is 0.356. The Morgan fingerprint density at radius 2 is 2.06 bits per heavy atom. The highest BCUT2D eigenvalue weighted by Gasteiger charge is 2.03. The Labute approximate surface area is 100 Å². The molecule has 0 amide bonds. The fourth-order valence-electron chi connectivity index (χ4n) is 1.20. The van der Waals surface area contributed by atoms with E-state index < -0.39 is 0 Å². The van der Waals surface area contributed by atoms with E-state index in [2.05, 4.69) is 26.1 Å². The molecule has 0 saturated carbocycles. The van der Waals surface area contributed by atoms with Gasteiger partial charge in [-0.05, 0) is 24.6 Å². The normalized spacial score (nSPS) is 10.2. The predicted octanol–water partition coefficient (Wildman–Crippen LogP) is 3.48. The molecule has 0 aliphatic carbocycles. The molecular formula is C11H8BrFN2O. The maximum absolute atomic E-state index is 13.1. The zero-order valence-corrected chi connectivity index (χ0v) is 10.0. The molecule has 5 heteroatoms. The van der Waals surface area contributed by atoms with Crippen LogP contribution in [0, 0.1) is 12.7 Å². The lowest BCUT2D eigenvalue weighted by Crippen LogP contribution is -1.91. The highest BCUT2D eigenvalue weighted by molar-refractivity contribution is 9.10. The molecule has 1 aromatic carbocycles. The molecule has 1 heterocycles. The van der Waals surface area contributed by atoms with Gasteiger partial charge < -0.3 is 4.74 Å². The average molecular weight is 283 g/mol. The molecule has 3 nitrogen and oxygen atoms in total. The van der Waals surface area contributed by atoms with Gasteiger partial charge in [0.25, 0.3) is 0 Å². The van der Waals surface area contributed by atoms with Gasteiger partial charge in [-0.2, -0.15) is 5.10 Å². The van der Waals surface area contributed by atoms with Crippen molar-refractivity contribution in [1.29, 1.82) is 0 Å². The van der Waals surface area contributed by atoms with Crippen LogP contribution in [0.4, 0.5) is 4.39 Å².